The van der Waals surface area contributed by atoms with Crippen LogP contribution >= 0.6 is 0 Å². The topological polar surface area (TPSA) is 20.2 Å². The minimum absolute atomic E-state index is 0. The third-order valence-corrected chi connectivity index (χ3v) is 4.48. The molecule has 4 rings (SSSR count). The normalized spacial score (nSPS) is 9.30. The Morgan fingerprint density at radius 3 is 0.939 bits per heavy atom. The van der Waals surface area contributed by atoms with Crippen molar-refractivity contribution in [1.29, 1.82) is 0 Å². The Morgan fingerprint density at radius 1 is 0.515 bits per heavy atom. The SMILES string of the molecule is CC(C)(CO)c1ccccc1.[CH2-]c1ccccc1.[CH2-]c1ccccc1.[CH2-]c1ccccc1.[Zr+3]. The van der Waals surface area contributed by atoms with Crippen LogP contribution in [0, 0.1) is 20.8 Å². The van der Waals surface area contributed by atoms with Crippen LogP contribution in [0.15, 0.2) is 121 Å². The van der Waals surface area contributed by atoms with Gasteiger partial charge in [0.25, 0.3) is 0 Å². The first-order valence-corrected chi connectivity index (χ1v) is 10.6. The summed E-state index contributed by atoms with van der Waals surface area (Å²) in [6, 6.07) is 39.7. The molecule has 169 valence electrons. The van der Waals surface area contributed by atoms with Crippen LogP contribution in [0.25, 0.3) is 0 Å². The summed E-state index contributed by atoms with van der Waals surface area (Å²) in [5.41, 5.74) is 4.29. The van der Waals surface area contributed by atoms with Crippen molar-refractivity contribution in [2.75, 3.05) is 6.61 Å². The van der Waals surface area contributed by atoms with Crippen LogP contribution in [-0.4, -0.2) is 11.7 Å². The molecule has 0 unspecified atom stereocenters. The molecule has 4 aromatic carbocycles. The Labute approximate surface area is 220 Å². The standard InChI is InChI=1S/C10H14O.3C7H7.Zr/c1-10(2,8-11)9-6-4-3-5-7-9;3*1-7-5-3-2-4-6-7;/h3-7,11H,8H2,1-2H3;3*2-6H,1H2;/q;3*-1;+3. The van der Waals surface area contributed by atoms with Gasteiger partial charge in [-0.05, 0) is 5.56 Å². The van der Waals surface area contributed by atoms with Crippen molar-refractivity contribution in [3.63, 3.8) is 0 Å². The molecule has 0 saturated carbocycles. The first-order valence-electron chi connectivity index (χ1n) is 10.6. The van der Waals surface area contributed by atoms with Gasteiger partial charge in [-0.15, -0.1) is 36.4 Å². The van der Waals surface area contributed by atoms with Crippen LogP contribution in [0.5, 0.6) is 0 Å². The minimum Gasteiger partial charge on any atom is -0.395 e. The van der Waals surface area contributed by atoms with Gasteiger partial charge in [-0.1, -0.05) is 62.4 Å². The van der Waals surface area contributed by atoms with E-state index in [-0.39, 0.29) is 38.2 Å². The van der Waals surface area contributed by atoms with Crippen molar-refractivity contribution in [2.45, 2.75) is 19.3 Å². The van der Waals surface area contributed by atoms with Crippen LogP contribution in [0.4, 0.5) is 0 Å². The van der Waals surface area contributed by atoms with E-state index in [1.807, 2.05) is 135 Å². The van der Waals surface area contributed by atoms with E-state index in [2.05, 4.69) is 20.8 Å². The van der Waals surface area contributed by atoms with Crippen molar-refractivity contribution < 1.29 is 31.3 Å². The molecule has 0 aliphatic carbocycles. The zero-order chi connectivity index (χ0) is 23.7. The maximum Gasteiger partial charge on any atom is 3.00 e. The molecular formula is C31H35OZr. The molecule has 4 aromatic rings. The Hall–Kier alpha value is -2.67. The van der Waals surface area contributed by atoms with Crippen molar-refractivity contribution in [1.82, 2.24) is 0 Å². The third kappa shape index (κ3) is 14.9. The fourth-order valence-electron chi connectivity index (χ4n) is 2.41. The van der Waals surface area contributed by atoms with Gasteiger partial charge < -0.3 is 5.11 Å². The predicted molar refractivity (Wildman–Crippen MR) is 139 cm³/mol. The molecule has 0 aliphatic heterocycles. The number of rotatable bonds is 2. The molecule has 1 radical (unpaired) electrons. The quantitative estimate of drug-likeness (QED) is 0.274. The van der Waals surface area contributed by atoms with Crippen LogP contribution in [0.3, 0.4) is 0 Å². The van der Waals surface area contributed by atoms with E-state index < -0.39 is 0 Å². The maximum atomic E-state index is 9.05. The smallest absolute Gasteiger partial charge is 0.395 e. The van der Waals surface area contributed by atoms with Crippen molar-refractivity contribution in [3.8, 4) is 0 Å². The number of aliphatic hydroxyl groups is 1. The predicted octanol–water partition coefficient (Wildman–Crippen LogP) is 7.56. The molecular weight excluding hydrogens is 480 g/mol. The van der Waals surface area contributed by atoms with E-state index in [0.717, 1.165) is 16.7 Å². The fourth-order valence-corrected chi connectivity index (χ4v) is 2.41. The average Bonchev–Trinajstić information content (AvgIpc) is 2.82. The molecule has 0 bridgehead atoms. The Kier molecular flexibility index (Phi) is 16.4. The van der Waals surface area contributed by atoms with Gasteiger partial charge in [0.2, 0.25) is 0 Å². The van der Waals surface area contributed by atoms with Crippen LogP contribution in [0.1, 0.15) is 36.1 Å². The summed E-state index contributed by atoms with van der Waals surface area (Å²) in [5.74, 6) is 0. The fraction of sp³-hybridized carbons (Fsp3) is 0.129. The number of benzene rings is 4. The Bertz CT molecular complexity index is 848. The summed E-state index contributed by atoms with van der Waals surface area (Å²) < 4.78 is 0. The zero-order valence-electron chi connectivity index (χ0n) is 19.8. The zero-order valence-corrected chi connectivity index (χ0v) is 22.3. The third-order valence-electron chi connectivity index (χ3n) is 4.48. The molecule has 0 saturated heterocycles. The summed E-state index contributed by atoms with van der Waals surface area (Å²) >= 11 is 0. The molecule has 0 spiro atoms. The molecule has 0 heterocycles. The van der Waals surface area contributed by atoms with E-state index in [0.29, 0.717) is 0 Å². The molecule has 0 aliphatic rings. The summed E-state index contributed by atoms with van der Waals surface area (Å²) in [5, 5.41) is 9.05. The summed E-state index contributed by atoms with van der Waals surface area (Å²) in [6.45, 7) is 15.4. The van der Waals surface area contributed by atoms with Gasteiger partial charge in [0.1, 0.15) is 0 Å². The monoisotopic (exact) mass is 513 g/mol. The minimum atomic E-state index is -0.110. The maximum absolute atomic E-state index is 9.05. The first-order chi connectivity index (χ1) is 15.3. The molecule has 0 atom stereocenters. The van der Waals surface area contributed by atoms with Gasteiger partial charge in [-0.3, -0.25) is 0 Å². The van der Waals surface area contributed by atoms with Crippen molar-refractivity contribution in [2.24, 2.45) is 0 Å². The molecule has 0 aromatic heterocycles. The van der Waals surface area contributed by atoms with E-state index in [1.165, 1.54) is 5.56 Å². The van der Waals surface area contributed by atoms with Gasteiger partial charge >= 0.3 is 26.2 Å². The van der Waals surface area contributed by atoms with Crippen LogP contribution in [0.2, 0.25) is 0 Å². The molecule has 1 N–H and O–H groups in total. The van der Waals surface area contributed by atoms with E-state index in [1.54, 1.807) is 0 Å². The molecule has 33 heavy (non-hydrogen) atoms. The molecule has 0 amide bonds. The summed E-state index contributed by atoms with van der Waals surface area (Å²) in [6.07, 6.45) is 0. The summed E-state index contributed by atoms with van der Waals surface area (Å²) in [7, 11) is 0. The largest absolute Gasteiger partial charge is 3.00 e. The van der Waals surface area contributed by atoms with Gasteiger partial charge in [-0.2, -0.15) is 73.9 Å². The second-order valence-corrected chi connectivity index (χ2v) is 7.86. The van der Waals surface area contributed by atoms with E-state index in [4.69, 9.17) is 5.11 Å². The Balaban J connectivity index is 0.000000418. The van der Waals surface area contributed by atoms with Gasteiger partial charge in [0.05, 0.1) is 6.61 Å². The number of hydrogen-bond donors (Lipinski definition) is 1. The van der Waals surface area contributed by atoms with Crippen LogP contribution < -0.4 is 0 Å². The number of hydrogen-bond acceptors (Lipinski definition) is 1. The van der Waals surface area contributed by atoms with Gasteiger partial charge in [-0.25, -0.2) is 0 Å². The second-order valence-electron chi connectivity index (χ2n) is 7.86. The van der Waals surface area contributed by atoms with Crippen molar-refractivity contribution >= 4 is 0 Å². The first kappa shape index (κ1) is 30.3. The van der Waals surface area contributed by atoms with Gasteiger partial charge in [0, 0.05) is 5.41 Å². The average molecular weight is 515 g/mol. The van der Waals surface area contributed by atoms with Crippen LogP contribution in [-0.2, 0) is 31.6 Å². The summed E-state index contributed by atoms with van der Waals surface area (Å²) in [4.78, 5) is 0. The number of aliphatic hydroxyl groups excluding tert-OH is 1. The van der Waals surface area contributed by atoms with Gasteiger partial charge in [0.15, 0.2) is 0 Å². The van der Waals surface area contributed by atoms with Crippen molar-refractivity contribution in [3.05, 3.63) is 164 Å². The molecule has 1 nitrogen and oxygen atoms in total. The molecule has 0 fully saturated rings. The molecule has 2 heteroatoms. The van der Waals surface area contributed by atoms with E-state index in [9.17, 15) is 0 Å². The Morgan fingerprint density at radius 2 is 0.758 bits per heavy atom. The van der Waals surface area contributed by atoms with E-state index >= 15 is 0 Å². The second kappa shape index (κ2) is 17.8.